The molecule has 0 aromatic heterocycles. The van der Waals surface area contributed by atoms with Crippen LogP contribution in [0.3, 0.4) is 0 Å². The van der Waals surface area contributed by atoms with Crippen LogP contribution >= 0.6 is 45.2 Å². The van der Waals surface area contributed by atoms with Gasteiger partial charge < -0.3 is 4.74 Å². The molecule has 0 aliphatic carbocycles. The summed E-state index contributed by atoms with van der Waals surface area (Å²) >= 11 is 4.26. The van der Waals surface area contributed by atoms with Crippen molar-refractivity contribution < 1.29 is 4.74 Å². The van der Waals surface area contributed by atoms with Crippen LogP contribution < -0.4 is 4.74 Å². The Morgan fingerprint density at radius 3 is 2.28 bits per heavy atom. The molecule has 0 saturated carbocycles. The number of nitriles is 2. The van der Waals surface area contributed by atoms with Gasteiger partial charge in [0.15, 0.2) is 0 Å². The van der Waals surface area contributed by atoms with Crippen molar-refractivity contribution in [3.8, 4) is 30.2 Å². The van der Waals surface area contributed by atoms with Crippen molar-refractivity contribution in [2.45, 2.75) is 0 Å². The maximum Gasteiger partial charge on any atom is 0.148 e. The standard InChI is InChI=1S/C13H6I2N2O/c1-2-3-18-13-11(14)5-9(6-12(13)15)4-10(7-16)8-17/h1,4-6H,3H2. The molecule has 0 N–H and O–H groups in total. The van der Waals surface area contributed by atoms with Gasteiger partial charge in [0.2, 0.25) is 0 Å². The summed E-state index contributed by atoms with van der Waals surface area (Å²) in [5, 5.41) is 17.4. The zero-order chi connectivity index (χ0) is 13.5. The van der Waals surface area contributed by atoms with E-state index in [9.17, 15) is 0 Å². The summed E-state index contributed by atoms with van der Waals surface area (Å²) in [7, 11) is 0. The van der Waals surface area contributed by atoms with Crippen LogP contribution in [0.2, 0.25) is 0 Å². The number of rotatable bonds is 3. The first-order valence-corrected chi connectivity index (χ1v) is 6.85. The molecule has 88 valence electrons. The summed E-state index contributed by atoms with van der Waals surface area (Å²) in [6, 6.07) is 7.32. The van der Waals surface area contributed by atoms with Crippen LogP contribution in [0.4, 0.5) is 0 Å². The van der Waals surface area contributed by atoms with E-state index in [2.05, 4.69) is 51.1 Å². The lowest BCUT2D eigenvalue weighted by Crippen LogP contribution is -1.98. The number of benzene rings is 1. The molecule has 0 aliphatic rings. The van der Waals surface area contributed by atoms with E-state index in [0.29, 0.717) is 0 Å². The minimum Gasteiger partial charge on any atom is -0.479 e. The van der Waals surface area contributed by atoms with Crippen LogP contribution in [0.1, 0.15) is 5.56 Å². The van der Waals surface area contributed by atoms with E-state index in [4.69, 9.17) is 21.7 Å². The third-order valence-electron chi connectivity index (χ3n) is 1.87. The zero-order valence-electron chi connectivity index (χ0n) is 9.08. The van der Waals surface area contributed by atoms with Gasteiger partial charge in [-0.3, -0.25) is 0 Å². The predicted octanol–water partition coefficient (Wildman–Crippen LogP) is 3.34. The Balaban J connectivity index is 3.17. The van der Waals surface area contributed by atoms with Gasteiger partial charge >= 0.3 is 0 Å². The third kappa shape index (κ3) is 3.90. The summed E-state index contributed by atoms with van der Waals surface area (Å²) in [5.41, 5.74) is 0.855. The molecule has 0 saturated heterocycles. The van der Waals surface area contributed by atoms with E-state index in [-0.39, 0.29) is 12.2 Å². The van der Waals surface area contributed by atoms with Gasteiger partial charge in [-0.1, -0.05) is 5.92 Å². The van der Waals surface area contributed by atoms with Crippen LogP contribution in [-0.4, -0.2) is 6.61 Å². The van der Waals surface area contributed by atoms with Crippen molar-refractivity contribution in [1.29, 1.82) is 10.5 Å². The molecule has 0 radical (unpaired) electrons. The van der Waals surface area contributed by atoms with Gasteiger partial charge in [0, 0.05) is 0 Å². The average Bonchev–Trinajstić information content (AvgIpc) is 2.35. The number of terminal acetylenes is 1. The van der Waals surface area contributed by atoms with Gasteiger partial charge in [-0.15, -0.1) is 6.42 Å². The van der Waals surface area contributed by atoms with Gasteiger partial charge in [0.05, 0.1) is 7.14 Å². The number of allylic oxidation sites excluding steroid dienone is 1. The zero-order valence-corrected chi connectivity index (χ0v) is 13.4. The summed E-state index contributed by atoms with van der Waals surface area (Å²) in [4.78, 5) is 0. The molecule has 1 aromatic rings. The van der Waals surface area contributed by atoms with E-state index in [1.54, 1.807) is 0 Å². The van der Waals surface area contributed by atoms with Gasteiger partial charge in [-0.2, -0.15) is 10.5 Å². The second kappa shape index (κ2) is 7.25. The normalized spacial score (nSPS) is 8.61. The largest absolute Gasteiger partial charge is 0.479 e. The van der Waals surface area contributed by atoms with Crippen molar-refractivity contribution in [3.63, 3.8) is 0 Å². The molecule has 3 nitrogen and oxygen atoms in total. The Morgan fingerprint density at radius 1 is 1.28 bits per heavy atom. The first-order valence-electron chi connectivity index (χ1n) is 4.69. The number of hydrogen-bond acceptors (Lipinski definition) is 3. The fourth-order valence-electron chi connectivity index (χ4n) is 1.17. The first kappa shape index (κ1) is 14.8. The molecule has 5 heteroatoms. The Hall–Kier alpha value is -1.24. The lowest BCUT2D eigenvalue weighted by molar-refractivity contribution is 0.365. The lowest BCUT2D eigenvalue weighted by atomic mass is 10.1. The quantitative estimate of drug-likeness (QED) is 0.395. The predicted molar refractivity (Wildman–Crippen MR) is 85.4 cm³/mol. The highest BCUT2D eigenvalue weighted by Gasteiger charge is 2.08. The van der Waals surface area contributed by atoms with Crippen molar-refractivity contribution >= 4 is 51.3 Å². The topological polar surface area (TPSA) is 56.8 Å². The molecule has 1 rings (SSSR count). The lowest BCUT2D eigenvalue weighted by Gasteiger charge is -2.08. The van der Waals surface area contributed by atoms with E-state index in [1.807, 2.05) is 24.3 Å². The molecular weight excluding hydrogens is 454 g/mol. The van der Waals surface area contributed by atoms with Crippen molar-refractivity contribution in [2.75, 3.05) is 6.61 Å². The molecule has 0 unspecified atom stereocenters. The fourth-order valence-corrected chi connectivity index (χ4v) is 3.30. The summed E-state index contributed by atoms with van der Waals surface area (Å²) in [6.07, 6.45) is 6.68. The maximum atomic E-state index is 8.71. The van der Waals surface area contributed by atoms with Crippen molar-refractivity contribution in [2.24, 2.45) is 0 Å². The summed E-state index contributed by atoms with van der Waals surface area (Å²) in [6.45, 7) is 0.211. The van der Waals surface area contributed by atoms with E-state index >= 15 is 0 Å². The smallest absolute Gasteiger partial charge is 0.148 e. The minimum absolute atomic E-state index is 0.0684. The third-order valence-corrected chi connectivity index (χ3v) is 3.47. The molecule has 0 fully saturated rings. The highest BCUT2D eigenvalue weighted by Crippen LogP contribution is 2.29. The monoisotopic (exact) mass is 460 g/mol. The van der Waals surface area contributed by atoms with Crippen LogP contribution in [-0.2, 0) is 0 Å². The van der Waals surface area contributed by atoms with E-state index in [0.717, 1.165) is 18.5 Å². The van der Waals surface area contributed by atoms with E-state index < -0.39 is 0 Å². The molecular formula is C13H6I2N2O. The highest BCUT2D eigenvalue weighted by molar-refractivity contribution is 14.1. The second-order valence-corrected chi connectivity index (χ2v) is 5.41. The first-order chi connectivity index (χ1) is 8.62. The van der Waals surface area contributed by atoms with Crippen LogP contribution in [0.5, 0.6) is 5.75 Å². The number of hydrogen-bond donors (Lipinski definition) is 0. The van der Waals surface area contributed by atoms with Crippen LogP contribution in [0.15, 0.2) is 17.7 Å². The maximum absolute atomic E-state index is 8.71. The molecule has 0 amide bonds. The molecule has 18 heavy (non-hydrogen) atoms. The van der Waals surface area contributed by atoms with Gasteiger partial charge in [0.25, 0.3) is 0 Å². The highest BCUT2D eigenvalue weighted by atomic mass is 127. The van der Waals surface area contributed by atoms with Crippen LogP contribution in [0.25, 0.3) is 6.08 Å². The molecule has 0 heterocycles. The summed E-state index contributed by atoms with van der Waals surface area (Å²) in [5.74, 6) is 3.13. The van der Waals surface area contributed by atoms with E-state index in [1.165, 1.54) is 6.08 Å². The Kier molecular flexibility index (Phi) is 5.97. The Labute approximate surface area is 133 Å². The van der Waals surface area contributed by atoms with Crippen molar-refractivity contribution in [1.82, 2.24) is 0 Å². The number of nitrogens with zero attached hydrogens (tertiary/aromatic N) is 2. The summed E-state index contributed by atoms with van der Waals surface area (Å²) < 4.78 is 7.20. The molecule has 0 spiro atoms. The molecule has 1 aromatic carbocycles. The SMILES string of the molecule is C#CCOc1c(I)cc(C=C(C#N)C#N)cc1I. The van der Waals surface area contributed by atoms with Gasteiger partial charge in [-0.25, -0.2) is 0 Å². The minimum atomic E-state index is 0.0684. The molecule has 0 atom stereocenters. The van der Waals surface area contributed by atoms with Crippen molar-refractivity contribution in [3.05, 3.63) is 30.4 Å². The van der Waals surface area contributed by atoms with Gasteiger partial charge in [-0.05, 0) is 69.0 Å². The number of ether oxygens (including phenoxy) is 1. The Bertz CT molecular complexity index is 576. The Morgan fingerprint density at radius 2 is 1.83 bits per heavy atom. The average molecular weight is 460 g/mol. The second-order valence-electron chi connectivity index (χ2n) is 3.09. The molecule has 0 bridgehead atoms. The fraction of sp³-hybridized carbons (Fsp3) is 0.0769. The number of halogens is 2. The van der Waals surface area contributed by atoms with Crippen LogP contribution in [0, 0.1) is 42.1 Å². The molecule has 0 aliphatic heterocycles. The van der Waals surface area contributed by atoms with Gasteiger partial charge in [0.1, 0.15) is 30.1 Å².